The SMILES string of the molecule is CCC1CCC(C(=O)O)C(Cc2ccc(Cl)cc2Cl)C1. The molecule has 1 saturated carbocycles. The van der Waals surface area contributed by atoms with Crippen LogP contribution >= 0.6 is 23.2 Å². The normalized spacial score (nSPS) is 26.4. The number of halogens is 2. The molecule has 1 aliphatic carbocycles. The molecule has 2 rings (SSSR count). The molecule has 4 heteroatoms. The maximum atomic E-state index is 11.4. The molecule has 3 unspecified atom stereocenters. The minimum absolute atomic E-state index is 0.171. The van der Waals surface area contributed by atoms with Crippen LogP contribution in [0.15, 0.2) is 18.2 Å². The van der Waals surface area contributed by atoms with E-state index in [1.165, 1.54) is 0 Å². The largest absolute Gasteiger partial charge is 0.481 e. The second-order valence-electron chi connectivity index (χ2n) is 5.73. The summed E-state index contributed by atoms with van der Waals surface area (Å²) in [4.78, 5) is 11.4. The highest BCUT2D eigenvalue weighted by Crippen LogP contribution is 2.38. The third-order valence-corrected chi connectivity index (χ3v) is 5.07. The van der Waals surface area contributed by atoms with Crippen molar-refractivity contribution in [2.24, 2.45) is 17.8 Å². The summed E-state index contributed by atoms with van der Waals surface area (Å²) in [6.45, 7) is 2.18. The molecule has 0 aromatic heterocycles. The van der Waals surface area contributed by atoms with E-state index in [4.69, 9.17) is 23.2 Å². The van der Waals surface area contributed by atoms with Crippen LogP contribution in [-0.2, 0) is 11.2 Å². The number of carbonyl (C=O) groups is 1. The molecule has 2 nitrogen and oxygen atoms in total. The zero-order chi connectivity index (χ0) is 14.7. The van der Waals surface area contributed by atoms with Crippen LogP contribution in [0.5, 0.6) is 0 Å². The quantitative estimate of drug-likeness (QED) is 0.843. The van der Waals surface area contributed by atoms with Crippen LogP contribution in [0.1, 0.15) is 38.2 Å². The van der Waals surface area contributed by atoms with Gasteiger partial charge < -0.3 is 5.11 Å². The predicted molar refractivity (Wildman–Crippen MR) is 82.4 cm³/mol. The van der Waals surface area contributed by atoms with Gasteiger partial charge in [-0.15, -0.1) is 0 Å². The molecule has 110 valence electrons. The van der Waals surface area contributed by atoms with Crippen molar-refractivity contribution in [2.45, 2.75) is 39.0 Å². The van der Waals surface area contributed by atoms with Crippen molar-refractivity contribution in [2.75, 3.05) is 0 Å². The predicted octanol–water partition coefficient (Wildman–Crippen LogP) is 5.06. The van der Waals surface area contributed by atoms with Crippen LogP contribution in [0.4, 0.5) is 0 Å². The minimum Gasteiger partial charge on any atom is -0.481 e. The first kappa shape index (κ1) is 15.7. The van der Waals surface area contributed by atoms with E-state index < -0.39 is 5.97 Å². The fraction of sp³-hybridized carbons (Fsp3) is 0.562. The molecule has 0 amide bonds. The number of aliphatic carboxylic acids is 1. The van der Waals surface area contributed by atoms with Crippen LogP contribution in [0.25, 0.3) is 0 Å². The monoisotopic (exact) mass is 314 g/mol. The lowest BCUT2D eigenvalue weighted by molar-refractivity contribution is -0.145. The van der Waals surface area contributed by atoms with Gasteiger partial charge in [-0.2, -0.15) is 0 Å². The standard InChI is InChI=1S/C16H20Cl2O2/c1-2-10-3-6-14(16(19)20)12(7-10)8-11-4-5-13(17)9-15(11)18/h4-5,9-10,12,14H,2-3,6-8H2,1H3,(H,19,20). The van der Waals surface area contributed by atoms with Gasteiger partial charge in [-0.25, -0.2) is 0 Å². The fourth-order valence-electron chi connectivity index (χ4n) is 3.25. The molecule has 0 saturated heterocycles. The van der Waals surface area contributed by atoms with Crippen LogP contribution in [0.2, 0.25) is 10.0 Å². The Morgan fingerprint density at radius 3 is 2.70 bits per heavy atom. The topological polar surface area (TPSA) is 37.3 Å². The second kappa shape index (κ2) is 6.82. The van der Waals surface area contributed by atoms with Gasteiger partial charge in [0.1, 0.15) is 0 Å². The Labute approximate surface area is 130 Å². The molecular formula is C16H20Cl2O2. The number of hydrogen-bond acceptors (Lipinski definition) is 1. The number of hydrogen-bond donors (Lipinski definition) is 1. The Hall–Kier alpha value is -0.730. The summed E-state index contributed by atoms with van der Waals surface area (Å²) in [6, 6.07) is 5.46. The lowest BCUT2D eigenvalue weighted by atomic mass is 9.71. The lowest BCUT2D eigenvalue weighted by Crippen LogP contribution is -2.32. The molecular weight excluding hydrogens is 295 g/mol. The third-order valence-electron chi connectivity index (χ3n) is 4.48. The molecule has 0 radical (unpaired) electrons. The maximum Gasteiger partial charge on any atom is 0.306 e. The van der Waals surface area contributed by atoms with E-state index in [1.807, 2.05) is 12.1 Å². The van der Waals surface area contributed by atoms with E-state index in [0.717, 1.165) is 37.7 Å². The van der Waals surface area contributed by atoms with Gasteiger partial charge in [-0.1, -0.05) is 42.6 Å². The molecule has 1 aromatic rings. The molecule has 3 atom stereocenters. The molecule has 1 aliphatic rings. The molecule has 1 aromatic carbocycles. The second-order valence-corrected chi connectivity index (χ2v) is 6.58. The van der Waals surface area contributed by atoms with E-state index >= 15 is 0 Å². The molecule has 1 fully saturated rings. The van der Waals surface area contributed by atoms with Gasteiger partial charge in [-0.05, 0) is 55.2 Å². The summed E-state index contributed by atoms with van der Waals surface area (Å²) >= 11 is 12.1. The van der Waals surface area contributed by atoms with Gasteiger partial charge in [0.05, 0.1) is 5.92 Å². The van der Waals surface area contributed by atoms with Crippen LogP contribution in [0, 0.1) is 17.8 Å². The molecule has 0 heterocycles. The van der Waals surface area contributed by atoms with E-state index in [-0.39, 0.29) is 11.8 Å². The highest BCUT2D eigenvalue weighted by Gasteiger charge is 2.34. The van der Waals surface area contributed by atoms with Crippen LogP contribution in [-0.4, -0.2) is 11.1 Å². The lowest BCUT2D eigenvalue weighted by Gasteiger charge is -2.34. The van der Waals surface area contributed by atoms with Crippen molar-refractivity contribution >= 4 is 29.2 Å². The van der Waals surface area contributed by atoms with Gasteiger partial charge in [0.15, 0.2) is 0 Å². The van der Waals surface area contributed by atoms with Gasteiger partial charge in [0.25, 0.3) is 0 Å². The van der Waals surface area contributed by atoms with Gasteiger partial charge in [0.2, 0.25) is 0 Å². The molecule has 1 N–H and O–H groups in total. The Morgan fingerprint density at radius 1 is 1.35 bits per heavy atom. The van der Waals surface area contributed by atoms with E-state index in [1.54, 1.807) is 6.07 Å². The number of carboxylic acid groups (broad SMARTS) is 1. The van der Waals surface area contributed by atoms with E-state index in [2.05, 4.69) is 6.92 Å². The summed E-state index contributed by atoms with van der Waals surface area (Å²) in [6.07, 6.45) is 4.63. The zero-order valence-electron chi connectivity index (χ0n) is 11.6. The Balaban J connectivity index is 2.16. The maximum absolute atomic E-state index is 11.4. The summed E-state index contributed by atoms with van der Waals surface area (Å²) in [7, 11) is 0. The minimum atomic E-state index is -0.672. The van der Waals surface area contributed by atoms with E-state index in [0.29, 0.717) is 16.0 Å². The summed E-state index contributed by atoms with van der Waals surface area (Å²) in [5.41, 5.74) is 1.00. The molecule has 0 spiro atoms. The van der Waals surface area contributed by atoms with Crippen molar-refractivity contribution in [3.8, 4) is 0 Å². The van der Waals surface area contributed by atoms with Gasteiger partial charge in [-0.3, -0.25) is 4.79 Å². The fourth-order valence-corrected chi connectivity index (χ4v) is 3.74. The smallest absolute Gasteiger partial charge is 0.306 e. The highest BCUT2D eigenvalue weighted by molar-refractivity contribution is 6.35. The third kappa shape index (κ3) is 3.67. The Bertz CT molecular complexity index is 487. The molecule has 0 aliphatic heterocycles. The summed E-state index contributed by atoms with van der Waals surface area (Å²) in [5.74, 6) is -0.106. The van der Waals surface area contributed by atoms with Gasteiger partial charge >= 0.3 is 5.97 Å². The summed E-state index contributed by atoms with van der Waals surface area (Å²) < 4.78 is 0. The highest BCUT2D eigenvalue weighted by atomic mass is 35.5. The van der Waals surface area contributed by atoms with Crippen LogP contribution < -0.4 is 0 Å². The van der Waals surface area contributed by atoms with Crippen molar-refractivity contribution < 1.29 is 9.90 Å². The van der Waals surface area contributed by atoms with Gasteiger partial charge in [0, 0.05) is 10.0 Å². The van der Waals surface area contributed by atoms with Crippen LogP contribution in [0.3, 0.4) is 0 Å². The number of carboxylic acids is 1. The molecule has 20 heavy (non-hydrogen) atoms. The molecule has 0 bridgehead atoms. The number of rotatable bonds is 4. The average Bonchev–Trinajstić information content (AvgIpc) is 2.41. The number of benzene rings is 1. The first-order valence-electron chi connectivity index (χ1n) is 7.18. The first-order valence-corrected chi connectivity index (χ1v) is 7.93. The van der Waals surface area contributed by atoms with Crippen molar-refractivity contribution in [1.82, 2.24) is 0 Å². The zero-order valence-corrected chi connectivity index (χ0v) is 13.1. The average molecular weight is 315 g/mol. The van der Waals surface area contributed by atoms with Crippen molar-refractivity contribution in [1.29, 1.82) is 0 Å². The van der Waals surface area contributed by atoms with E-state index in [9.17, 15) is 9.90 Å². The Morgan fingerprint density at radius 2 is 2.10 bits per heavy atom. The van der Waals surface area contributed by atoms with Crippen molar-refractivity contribution in [3.63, 3.8) is 0 Å². The Kier molecular flexibility index (Phi) is 5.34. The summed E-state index contributed by atoms with van der Waals surface area (Å²) in [5, 5.41) is 10.7. The first-order chi connectivity index (χ1) is 9.51. The van der Waals surface area contributed by atoms with Crippen molar-refractivity contribution in [3.05, 3.63) is 33.8 Å².